The Kier molecular flexibility index (Phi) is 3.37. The zero-order valence-electron chi connectivity index (χ0n) is 11.0. The van der Waals surface area contributed by atoms with Crippen molar-refractivity contribution in [2.24, 2.45) is 0 Å². The normalized spacial score (nSPS) is 22.2. The van der Waals surface area contributed by atoms with Crippen LogP contribution in [0.4, 0.5) is 0 Å². The minimum absolute atomic E-state index is 0.0978. The molecular formula is C12H15NO6. The number of likely N-dealkylation sites (N-methyl/N-ethyl adjacent to an activating group) is 1. The van der Waals surface area contributed by atoms with Gasteiger partial charge >= 0.3 is 5.97 Å². The van der Waals surface area contributed by atoms with Crippen LogP contribution in [0.15, 0.2) is 23.9 Å². The molecule has 1 fully saturated rings. The fraction of sp³-hybridized carbons (Fsp3) is 0.500. The molecule has 0 aromatic heterocycles. The van der Waals surface area contributed by atoms with Gasteiger partial charge in [-0.15, -0.1) is 0 Å². The van der Waals surface area contributed by atoms with Crippen molar-refractivity contribution >= 4 is 11.9 Å². The summed E-state index contributed by atoms with van der Waals surface area (Å²) in [6, 6.07) is 0. The molecule has 104 valence electrons. The topological polar surface area (TPSA) is 74.3 Å². The monoisotopic (exact) mass is 269 g/mol. The Labute approximate surface area is 110 Å². The van der Waals surface area contributed by atoms with Crippen molar-refractivity contribution in [1.82, 2.24) is 4.90 Å². The van der Waals surface area contributed by atoms with E-state index < -0.39 is 11.8 Å². The van der Waals surface area contributed by atoms with E-state index in [1.165, 1.54) is 11.2 Å². The molecule has 0 spiro atoms. The van der Waals surface area contributed by atoms with E-state index in [0.717, 1.165) is 6.08 Å². The highest BCUT2D eigenvalue weighted by molar-refractivity contribution is 5.98. The number of rotatable bonds is 3. The smallest absolute Gasteiger partial charge is 0.377 e. The summed E-state index contributed by atoms with van der Waals surface area (Å²) >= 11 is 0. The summed E-state index contributed by atoms with van der Waals surface area (Å²) in [5.41, 5.74) is 0. The summed E-state index contributed by atoms with van der Waals surface area (Å²) in [6.07, 6.45) is 2.55. The maximum absolute atomic E-state index is 11.9. The molecule has 7 nitrogen and oxygen atoms in total. The number of carbonyl (C=O) groups excluding carboxylic acids is 2. The Balaban J connectivity index is 1.98. The standard InChI is InChI=1S/C12H15NO6/c1-12(2)18-9(11(15)19-12)4-10(14)13(3)5-8-6-16-7-17-8/h4,6H,5,7H2,1-3H3. The number of carbonyl (C=O) groups is 2. The van der Waals surface area contributed by atoms with Crippen molar-refractivity contribution in [3.63, 3.8) is 0 Å². The van der Waals surface area contributed by atoms with E-state index >= 15 is 0 Å². The summed E-state index contributed by atoms with van der Waals surface area (Å²) < 4.78 is 20.1. The second kappa shape index (κ2) is 4.83. The van der Waals surface area contributed by atoms with Crippen LogP contribution in [0.3, 0.4) is 0 Å². The lowest BCUT2D eigenvalue weighted by atomic mass is 10.3. The number of hydrogen-bond donors (Lipinski definition) is 0. The molecule has 19 heavy (non-hydrogen) atoms. The van der Waals surface area contributed by atoms with Crippen molar-refractivity contribution in [3.05, 3.63) is 23.9 Å². The van der Waals surface area contributed by atoms with Gasteiger partial charge in [0.25, 0.3) is 5.91 Å². The SMILES string of the molecule is CN(CC1=COCO1)C(=O)C=C1OC(C)(C)OC1=O. The summed E-state index contributed by atoms with van der Waals surface area (Å²) in [5.74, 6) is -1.62. The van der Waals surface area contributed by atoms with E-state index in [-0.39, 0.29) is 25.0 Å². The first-order valence-corrected chi connectivity index (χ1v) is 5.70. The van der Waals surface area contributed by atoms with Gasteiger partial charge in [0.2, 0.25) is 18.3 Å². The van der Waals surface area contributed by atoms with E-state index in [4.69, 9.17) is 18.9 Å². The predicted molar refractivity (Wildman–Crippen MR) is 62.1 cm³/mol. The Morgan fingerprint density at radius 1 is 1.47 bits per heavy atom. The molecule has 2 aliphatic rings. The molecule has 7 heteroatoms. The summed E-state index contributed by atoms with van der Waals surface area (Å²) in [6.45, 7) is 3.59. The third-order valence-electron chi connectivity index (χ3n) is 2.45. The first kappa shape index (κ1) is 13.3. The van der Waals surface area contributed by atoms with Crippen LogP contribution in [0.25, 0.3) is 0 Å². The zero-order valence-corrected chi connectivity index (χ0v) is 11.0. The lowest BCUT2D eigenvalue weighted by Crippen LogP contribution is -2.28. The molecule has 0 aromatic rings. The molecule has 0 unspecified atom stereocenters. The largest absolute Gasteiger partial charge is 0.462 e. The van der Waals surface area contributed by atoms with E-state index in [1.807, 2.05) is 0 Å². The van der Waals surface area contributed by atoms with Gasteiger partial charge in [0, 0.05) is 20.9 Å². The van der Waals surface area contributed by atoms with Crippen LogP contribution in [-0.4, -0.2) is 42.9 Å². The highest BCUT2D eigenvalue weighted by atomic mass is 16.8. The molecule has 0 aromatic carbocycles. The fourth-order valence-electron chi connectivity index (χ4n) is 1.58. The molecular weight excluding hydrogens is 254 g/mol. The Hall–Kier alpha value is -2.18. The van der Waals surface area contributed by atoms with Gasteiger partial charge in [-0.1, -0.05) is 0 Å². The van der Waals surface area contributed by atoms with Crippen LogP contribution in [0.2, 0.25) is 0 Å². The number of esters is 1. The quantitative estimate of drug-likeness (QED) is 0.548. The number of ether oxygens (including phenoxy) is 4. The van der Waals surface area contributed by atoms with Gasteiger partial charge in [-0.3, -0.25) is 4.79 Å². The highest BCUT2D eigenvalue weighted by Gasteiger charge is 2.38. The van der Waals surface area contributed by atoms with Crippen molar-refractivity contribution in [2.45, 2.75) is 19.6 Å². The Bertz CT molecular complexity index is 465. The van der Waals surface area contributed by atoms with Gasteiger partial charge in [-0.25, -0.2) is 4.79 Å². The summed E-state index contributed by atoms with van der Waals surface area (Å²) in [4.78, 5) is 24.7. The van der Waals surface area contributed by atoms with Gasteiger partial charge in [-0.2, -0.15) is 0 Å². The summed E-state index contributed by atoms with van der Waals surface area (Å²) in [5, 5.41) is 0. The van der Waals surface area contributed by atoms with E-state index in [0.29, 0.717) is 5.76 Å². The molecule has 2 heterocycles. The minimum Gasteiger partial charge on any atom is -0.462 e. The first-order chi connectivity index (χ1) is 8.87. The lowest BCUT2D eigenvalue weighted by molar-refractivity contribution is -0.159. The molecule has 0 bridgehead atoms. The van der Waals surface area contributed by atoms with E-state index in [9.17, 15) is 9.59 Å². The van der Waals surface area contributed by atoms with Crippen LogP contribution in [-0.2, 0) is 28.5 Å². The maximum atomic E-state index is 11.9. The van der Waals surface area contributed by atoms with Crippen molar-refractivity contribution in [1.29, 1.82) is 0 Å². The predicted octanol–water partition coefficient (Wildman–Crippen LogP) is 0.484. The van der Waals surface area contributed by atoms with Crippen molar-refractivity contribution in [3.8, 4) is 0 Å². The van der Waals surface area contributed by atoms with Crippen molar-refractivity contribution in [2.75, 3.05) is 20.4 Å². The minimum atomic E-state index is -1.04. The highest BCUT2D eigenvalue weighted by Crippen LogP contribution is 2.26. The van der Waals surface area contributed by atoms with E-state index in [2.05, 4.69) is 0 Å². The van der Waals surface area contributed by atoms with Crippen LogP contribution in [0.1, 0.15) is 13.8 Å². The maximum Gasteiger partial charge on any atom is 0.377 e. The Morgan fingerprint density at radius 3 is 2.74 bits per heavy atom. The van der Waals surface area contributed by atoms with Gasteiger partial charge in [0.1, 0.15) is 6.26 Å². The van der Waals surface area contributed by atoms with Crippen LogP contribution in [0.5, 0.6) is 0 Å². The van der Waals surface area contributed by atoms with Crippen LogP contribution in [0, 0.1) is 0 Å². The average Bonchev–Trinajstić information content (AvgIpc) is 2.87. The molecule has 2 rings (SSSR count). The lowest BCUT2D eigenvalue weighted by Gasteiger charge is -2.15. The summed E-state index contributed by atoms with van der Waals surface area (Å²) in [7, 11) is 1.58. The molecule has 0 aliphatic carbocycles. The van der Waals surface area contributed by atoms with E-state index in [1.54, 1.807) is 20.9 Å². The second-order valence-electron chi connectivity index (χ2n) is 4.61. The third kappa shape index (κ3) is 3.18. The van der Waals surface area contributed by atoms with Crippen LogP contribution < -0.4 is 0 Å². The average molecular weight is 269 g/mol. The van der Waals surface area contributed by atoms with Gasteiger partial charge in [0.15, 0.2) is 5.76 Å². The zero-order chi connectivity index (χ0) is 14.0. The van der Waals surface area contributed by atoms with Crippen LogP contribution >= 0.6 is 0 Å². The molecule has 2 aliphatic heterocycles. The van der Waals surface area contributed by atoms with Gasteiger partial charge < -0.3 is 23.8 Å². The Morgan fingerprint density at radius 2 is 2.21 bits per heavy atom. The molecule has 0 atom stereocenters. The molecule has 0 radical (unpaired) electrons. The number of amides is 1. The number of nitrogens with zero attached hydrogens (tertiary/aromatic N) is 1. The third-order valence-corrected chi connectivity index (χ3v) is 2.45. The van der Waals surface area contributed by atoms with Crippen molar-refractivity contribution < 1.29 is 28.5 Å². The molecule has 1 amide bonds. The molecule has 0 saturated carbocycles. The fourth-order valence-corrected chi connectivity index (χ4v) is 1.58. The number of hydrogen-bond acceptors (Lipinski definition) is 6. The first-order valence-electron chi connectivity index (χ1n) is 5.70. The van der Waals surface area contributed by atoms with Gasteiger partial charge in [-0.05, 0) is 0 Å². The molecule has 1 saturated heterocycles. The molecule has 0 N–H and O–H groups in total. The number of cyclic esters (lactones) is 1. The van der Waals surface area contributed by atoms with Gasteiger partial charge in [0.05, 0.1) is 12.6 Å². The second-order valence-corrected chi connectivity index (χ2v) is 4.61.